The van der Waals surface area contributed by atoms with Crippen LogP contribution in [0.1, 0.15) is 96.3 Å². The molecule has 0 amide bonds. The second-order valence-electron chi connectivity index (χ2n) is 5.72. The molecule has 0 heterocycles. The Morgan fingerprint density at radius 3 is 1.16 bits per heavy atom. The second-order valence-corrected chi connectivity index (χ2v) is 6.79. The van der Waals surface area contributed by atoms with Gasteiger partial charge in [-0.3, -0.25) is 0 Å². The van der Waals surface area contributed by atoms with Gasteiger partial charge in [-0.1, -0.05) is 106 Å². The number of unbranched alkanes of at least 4 members (excludes halogenated alkanes) is 14. The predicted octanol–water partition coefficient (Wildman–Crippen LogP) is 7.46. The number of rotatable bonds is 16. The molecule has 0 saturated heterocycles. The van der Waals surface area contributed by atoms with Crippen LogP contribution in [-0.2, 0) is 0 Å². The molecule has 114 valence electrons. The van der Waals surface area contributed by atoms with Gasteiger partial charge in [0.2, 0.25) is 0 Å². The Bertz CT molecular complexity index is 165. The standard InChI is InChI=1S/C18H35I/c1-2-3-4-5-6-7-8-9-10-11-12-13-14-15-16-17-18-19/h2H,1,3-18H2. The van der Waals surface area contributed by atoms with E-state index in [9.17, 15) is 0 Å². The van der Waals surface area contributed by atoms with Crippen molar-refractivity contribution in [2.45, 2.75) is 96.3 Å². The number of allylic oxidation sites excluding steroid dienone is 1. The highest BCUT2D eigenvalue weighted by Gasteiger charge is 1.93. The molecule has 0 fully saturated rings. The third-order valence-electron chi connectivity index (χ3n) is 3.79. The summed E-state index contributed by atoms with van der Waals surface area (Å²) in [5, 5.41) is 0. The molecule has 0 N–H and O–H groups in total. The molecule has 0 aliphatic rings. The SMILES string of the molecule is C=CCCCCCCCCCCCCCCCCI. The summed E-state index contributed by atoms with van der Waals surface area (Å²) < 4.78 is 1.34. The van der Waals surface area contributed by atoms with Crippen LogP contribution >= 0.6 is 22.6 Å². The lowest BCUT2D eigenvalue weighted by Gasteiger charge is -2.03. The van der Waals surface area contributed by atoms with E-state index in [1.165, 1.54) is 101 Å². The van der Waals surface area contributed by atoms with Crippen molar-refractivity contribution in [1.29, 1.82) is 0 Å². The van der Waals surface area contributed by atoms with E-state index in [0.717, 1.165) is 0 Å². The van der Waals surface area contributed by atoms with Crippen LogP contribution in [0.2, 0.25) is 0 Å². The van der Waals surface area contributed by atoms with Crippen molar-refractivity contribution < 1.29 is 0 Å². The zero-order valence-corrected chi connectivity index (χ0v) is 15.1. The molecule has 0 unspecified atom stereocenters. The van der Waals surface area contributed by atoms with Crippen LogP contribution in [0.4, 0.5) is 0 Å². The van der Waals surface area contributed by atoms with Crippen molar-refractivity contribution in [1.82, 2.24) is 0 Å². The van der Waals surface area contributed by atoms with Gasteiger partial charge < -0.3 is 0 Å². The Hall–Kier alpha value is 0.470. The highest BCUT2D eigenvalue weighted by molar-refractivity contribution is 14.1. The first-order valence-electron chi connectivity index (χ1n) is 8.58. The monoisotopic (exact) mass is 378 g/mol. The minimum absolute atomic E-state index is 1.21. The molecule has 0 saturated carbocycles. The molecule has 0 radical (unpaired) electrons. The average Bonchev–Trinajstić information content (AvgIpc) is 2.43. The van der Waals surface area contributed by atoms with E-state index in [2.05, 4.69) is 29.2 Å². The number of halogens is 1. The average molecular weight is 378 g/mol. The van der Waals surface area contributed by atoms with Crippen molar-refractivity contribution >= 4 is 22.6 Å². The summed E-state index contributed by atoms with van der Waals surface area (Å²) >= 11 is 2.48. The number of hydrogen-bond donors (Lipinski definition) is 0. The molecule has 0 nitrogen and oxygen atoms in total. The largest absolute Gasteiger partial charge is 0.103 e. The molecule has 0 atom stereocenters. The Balaban J connectivity index is 2.89. The van der Waals surface area contributed by atoms with Crippen LogP contribution in [0, 0.1) is 0 Å². The fourth-order valence-corrected chi connectivity index (χ4v) is 3.04. The maximum Gasteiger partial charge on any atom is -0.000473 e. The summed E-state index contributed by atoms with van der Waals surface area (Å²) in [6.07, 6.45) is 23.5. The van der Waals surface area contributed by atoms with Crippen LogP contribution in [0.3, 0.4) is 0 Å². The van der Waals surface area contributed by atoms with Crippen LogP contribution in [0.5, 0.6) is 0 Å². The molecule has 0 aromatic carbocycles. The first kappa shape index (κ1) is 19.5. The molecule has 0 aromatic heterocycles. The first-order chi connectivity index (χ1) is 9.41. The van der Waals surface area contributed by atoms with Crippen LogP contribution in [-0.4, -0.2) is 4.43 Å². The third kappa shape index (κ3) is 18.5. The summed E-state index contributed by atoms with van der Waals surface area (Å²) in [4.78, 5) is 0. The number of hydrogen-bond acceptors (Lipinski definition) is 0. The lowest BCUT2D eigenvalue weighted by Crippen LogP contribution is -1.83. The van der Waals surface area contributed by atoms with Gasteiger partial charge in [-0.05, 0) is 23.7 Å². The minimum Gasteiger partial charge on any atom is -0.103 e. The molecule has 1 heteroatoms. The lowest BCUT2D eigenvalue weighted by atomic mass is 10.0. The zero-order valence-electron chi connectivity index (χ0n) is 13.0. The molecule has 0 aliphatic carbocycles. The zero-order chi connectivity index (χ0) is 14.0. The molecule has 0 aromatic rings. The van der Waals surface area contributed by atoms with Gasteiger partial charge in [-0.2, -0.15) is 0 Å². The Morgan fingerprint density at radius 1 is 0.526 bits per heavy atom. The summed E-state index contributed by atoms with van der Waals surface area (Å²) in [6, 6.07) is 0. The Morgan fingerprint density at radius 2 is 0.842 bits per heavy atom. The van der Waals surface area contributed by atoms with E-state index in [0.29, 0.717) is 0 Å². The van der Waals surface area contributed by atoms with Crippen LogP contribution in [0.25, 0.3) is 0 Å². The van der Waals surface area contributed by atoms with E-state index in [-0.39, 0.29) is 0 Å². The molecule has 0 bridgehead atoms. The van der Waals surface area contributed by atoms with Crippen molar-refractivity contribution in [2.75, 3.05) is 4.43 Å². The summed E-state index contributed by atoms with van der Waals surface area (Å²) in [6.45, 7) is 3.76. The maximum atomic E-state index is 3.76. The Labute approximate surface area is 136 Å². The molecule has 19 heavy (non-hydrogen) atoms. The fraction of sp³-hybridized carbons (Fsp3) is 0.889. The quantitative estimate of drug-likeness (QED) is 0.113. The van der Waals surface area contributed by atoms with E-state index in [1.54, 1.807) is 0 Å². The van der Waals surface area contributed by atoms with Gasteiger partial charge in [0.25, 0.3) is 0 Å². The molecule has 0 spiro atoms. The highest BCUT2D eigenvalue weighted by Crippen LogP contribution is 2.13. The highest BCUT2D eigenvalue weighted by atomic mass is 127. The van der Waals surface area contributed by atoms with Gasteiger partial charge in [-0.15, -0.1) is 6.58 Å². The molecular formula is C18H35I. The van der Waals surface area contributed by atoms with Crippen LogP contribution in [0.15, 0.2) is 12.7 Å². The van der Waals surface area contributed by atoms with Crippen molar-refractivity contribution in [2.24, 2.45) is 0 Å². The van der Waals surface area contributed by atoms with E-state index < -0.39 is 0 Å². The number of alkyl halides is 1. The van der Waals surface area contributed by atoms with Gasteiger partial charge in [-0.25, -0.2) is 0 Å². The fourth-order valence-electron chi connectivity index (χ4n) is 2.50. The predicted molar refractivity (Wildman–Crippen MR) is 98.3 cm³/mol. The first-order valence-corrected chi connectivity index (χ1v) is 10.1. The summed E-state index contributed by atoms with van der Waals surface area (Å²) in [5.74, 6) is 0. The van der Waals surface area contributed by atoms with Crippen molar-refractivity contribution in [3.63, 3.8) is 0 Å². The summed E-state index contributed by atoms with van der Waals surface area (Å²) in [7, 11) is 0. The molecule has 0 rings (SSSR count). The van der Waals surface area contributed by atoms with Crippen molar-refractivity contribution in [3.8, 4) is 0 Å². The molecular weight excluding hydrogens is 343 g/mol. The van der Waals surface area contributed by atoms with Gasteiger partial charge >= 0.3 is 0 Å². The van der Waals surface area contributed by atoms with Gasteiger partial charge in [0.15, 0.2) is 0 Å². The summed E-state index contributed by atoms with van der Waals surface area (Å²) in [5.41, 5.74) is 0. The topological polar surface area (TPSA) is 0 Å². The minimum atomic E-state index is 1.21. The van der Waals surface area contributed by atoms with Crippen LogP contribution < -0.4 is 0 Å². The maximum absolute atomic E-state index is 3.76. The van der Waals surface area contributed by atoms with E-state index in [1.807, 2.05) is 6.08 Å². The van der Waals surface area contributed by atoms with Crippen molar-refractivity contribution in [3.05, 3.63) is 12.7 Å². The van der Waals surface area contributed by atoms with E-state index >= 15 is 0 Å². The Kier molecular flexibility index (Phi) is 18.9. The van der Waals surface area contributed by atoms with Gasteiger partial charge in [0.1, 0.15) is 0 Å². The normalized spacial score (nSPS) is 10.8. The molecule has 0 aliphatic heterocycles. The van der Waals surface area contributed by atoms with Gasteiger partial charge in [0.05, 0.1) is 0 Å². The van der Waals surface area contributed by atoms with E-state index in [4.69, 9.17) is 0 Å². The second kappa shape index (κ2) is 18.5. The van der Waals surface area contributed by atoms with Gasteiger partial charge in [0, 0.05) is 0 Å². The lowest BCUT2D eigenvalue weighted by molar-refractivity contribution is 0.537. The third-order valence-corrected chi connectivity index (χ3v) is 4.55. The smallest absolute Gasteiger partial charge is 0.000473 e.